The number of nitrogens with two attached hydrogens (primary N) is 1. The van der Waals surface area contributed by atoms with Gasteiger partial charge in [0.1, 0.15) is 5.69 Å². The highest BCUT2D eigenvalue weighted by Gasteiger charge is 2.24. The first-order chi connectivity index (χ1) is 9.60. The van der Waals surface area contributed by atoms with Gasteiger partial charge < -0.3 is 11.1 Å². The van der Waals surface area contributed by atoms with Gasteiger partial charge in [0.2, 0.25) is 0 Å². The van der Waals surface area contributed by atoms with Gasteiger partial charge in [0.25, 0.3) is 5.91 Å². The Labute approximate surface area is 125 Å². The third kappa shape index (κ3) is 4.03. The lowest BCUT2D eigenvalue weighted by Crippen LogP contribution is -2.38. The summed E-state index contributed by atoms with van der Waals surface area (Å²) < 4.78 is 0. The molecule has 0 atom stereocenters. The van der Waals surface area contributed by atoms with Crippen LogP contribution in [0.5, 0.6) is 0 Å². The van der Waals surface area contributed by atoms with Crippen molar-refractivity contribution in [3.05, 3.63) is 16.1 Å². The van der Waals surface area contributed by atoms with E-state index in [-0.39, 0.29) is 5.91 Å². The van der Waals surface area contributed by atoms with Gasteiger partial charge in [-0.3, -0.25) is 4.79 Å². The molecule has 0 bridgehead atoms. The zero-order valence-corrected chi connectivity index (χ0v) is 13.2. The van der Waals surface area contributed by atoms with Crippen LogP contribution in [0.2, 0.25) is 0 Å². The van der Waals surface area contributed by atoms with Crippen molar-refractivity contribution in [3.8, 4) is 0 Å². The number of nitrogens with zero attached hydrogens (tertiary/aromatic N) is 1. The van der Waals surface area contributed by atoms with E-state index in [1.54, 1.807) is 0 Å². The summed E-state index contributed by atoms with van der Waals surface area (Å²) in [4.78, 5) is 16.5. The van der Waals surface area contributed by atoms with Crippen LogP contribution in [-0.4, -0.2) is 23.5 Å². The average Bonchev–Trinajstić information content (AvgIpc) is 2.88. The number of thiazole rings is 1. The van der Waals surface area contributed by atoms with Gasteiger partial charge in [-0.05, 0) is 44.1 Å². The van der Waals surface area contributed by atoms with Crippen LogP contribution in [0.3, 0.4) is 0 Å². The molecule has 0 aromatic carbocycles. The zero-order chi connectivity index (χ0) is 14.5. The van der Waals surface area contributed by atoms with E-state index in [0.29, 0.717) is 18.3 Å². The van der Waals surface area contributed by atoms with E-state index < -0.39 is 0 Å². The van der Waals surface area contributed by atoms with E-state index in [1.165, 1.54) is 24.2 Å². The summed E-state index contributed by atoms with van der Waals surface area (Å²) in [5, 5.41) is 5.90. The van der Waals surface area contributed by atoms with E-state index >= 15 is 0 Å². The van der Waals surface area contributed by atoms with E-state index in [2.05, 4.69) is 24.1 Å². The molecule has 1 aromatic heterocycles. The maximum Gasteiger partial charge on any atom is 0.270 e. The maximum absolute atomic E-state index is 12.1. The van der Waals surface area contributed by atoms with E-state index in [0.717, 1.165) is 36.1 Å². The summed E-state index contributed by atoms with van der Waals surface area (Å²) in [6.45, 7) is 5.16. The fourth-order valence-corrected chi connectivity index (χ4v) is 3.64. The van der Waals surface area contributed by atoms with Crippen LogP contribution < -0.4 is 11.1 Å². The normalized spacial score (nSPS) is 23.0. The smallest absolute Gasteiger partial charge is 0.270 e. The molecule has 0 radical (unpaired) electrons. The van der Waals surface area contributed by atoms with Gasteiger partial charge in [0.05, 0.1) is 5.01 Å². The quantitative estimate of drug-likeness (QED) is 0.877. The van der Waals surface area contributed by atoms with Gasteiger partial charge in [0.15, 0.2) is 0 Å². The number of nitrogens with one attached hydrogen (secondary N) is 1. The van der Waals surface area contributed by atoms with Crippen molar-refractivity contribution in [3.63, 3.8) is 0 Å². The molecule has 1 fully saturated rings. The molecule has 112 valence electrons. The van der Waals surface area contributed by atoms with Gasteiger partial charge >= 0.3 is 0 Å². The fourth-order valence-electron chi connectivity index (χ4n) is 2.84. The van der Waals surface area contributed by atoms with Crippen LogP contribution in [0.4, 0.5) is 0 Å². The van der Waals surface area contributed by atoms with Crippen LogP contribution in [0.25, 0.3) is 0 Å². The molecule has 0 saturated heterocycles. The summed E-state index contributed by atoms with van der Waals surface area (Å²) in [5.41, 5.74) is 6.04. The SMILES string of the molecule is CC(C)C1CCC(NC(=O)c2csc(CCN)n2)CC1. The number of aromatic nitrogens is 1. The summed E-state index contributed by atoms with van der Waals surface area (Å²) in [7, 11) is 0. The molecule has 5 heteroatoms. The second-order valence-corrected chi connectivity index (χ2v) is 6.94. The third-order valence-electron chi connectivity index (χ3n) is 4.19. The Morgan fingerprint density at radius 1 is 1.45 bits per heavy atom. The lowest BCUT2D eigenvalue weighted by Gasteiger charge is -2.31. The molecule has 0 aliphatic heterocycles. The lowest BCUT2D eigenvalue weighted by molar-refractivity contribution is 0.0913. The molecule has 20 heavy (non-hydrogen) atoms. The molecule has 1 heterocycles. The number of carbonyl (C=O) groups is 1. The molecule has 3 N–H and O–H groups in total. The Hall–Kier alpha value is -0.940. The number of amides is 1. The highest BCUT2D eigenvalue weighted by atomic mass is 32.1. The lowest BCUT2D eigenvalue weighted by atomic mass is 9.80. The Morgan fingerprint density at radius 2 is 2.15 bits per heavy atom. The van der Waals surface area contributed by atoms with Crippen molar-refractivity contribution in [1.82, 2.24) is 10.3 Å². The summed E-state index contributed by atoms with van der Waals surface area (Å²) in [6, 6.07) is 0.317. The van der Waals surface area contributed by atoms with E-state index in [4.69, 9.17) is 5.73 Å². The largest absolute Gasteiger partial charge is 0.348 e. The van der Waals surface area contributed by atoms with Crippen molar-refractivity contribution in [1.29, 1.82) is 0 Å². The first kappa shape index (κ1) is 15.4. The van der Waals surface area contributed by atoms with Gasteiger partial charge in [-0.2, -0.15) is 0 Å². The Kier molecular flexibility index (Phi) is 5.54. The molecule has 1 aromatic rings. The molecule has 0 unspecified atom stereocenters. The van der Waals surface area contributed by atoms with Crippen LogP contribution in [0, 0.1) is 11.8 Å². The van der Waals surface area contributed by atoms with Gasteiger partial charge in [-0.15, -0.1) is 11.3 Å². The van der Waals surface area contributed by atoms with Crippen molar-refractivity contribution in [2.24, 2.45) is 17.6 Å². The monoisotopic (exact) mass is 295 g/mol. The molecule has 1 aliphatic rings. The second kappa shape index (κ2) is 7.18. The molecule has 0 spiro atoms. The highest BCUT2D eigenvalue weighted by molar-refractivity contribution is 7.09. The van der Waals surface area contributed by atoms with Gasteiger partial charge in [-0.25, -0.2) is 4.98 Å². The Balaban J connectivity index is 1.82. The standard InChI is InChI=1S/C15H25N3OS/c1-10(2)11-3-5-12(6-4-11)17-15(19)13-9-20-14(18-13)7-8-16/h9-12H,3-8,16H2,1-2H3,(H,17,19). The van der Waals surface area contributed by atoms with Crippen LogP contribution in [-0.2, 0) is 6.42 Å². The number of carbonyl (C=O) groups excluding carboxylic acids is 1. The molecule has 1 aliphatic carbocycles. The minimum absolute atomic E-state index is 0.0301. The van der Waals surface area contributed by atoms with Gasteiger partial charge in [0, 0.05) is 17.8 Å². The zero-order valence-electron chi connectivity index (χ0n) is 12.4. The fraction of sp³-hybridized carbons (Fsp3) is 0.733. The molecular formula is C15H25N3OS. The average molecular weight is 295 g/mol. The number of hydrogen-bond donors (Lipinski definition) is 2. The Morgan fingerprint density at radius 3 is 2.75 bits per heavy atom. The van der Waals surface area contributed by atoms with E-state index in [1.807, 2.05) is 5.38 Å². The van der Waals surface area contributed by atoms with Crippen LogP contribution >= 0.6 is 11.3 Å². The first-order valence-corrected chi connectivity index (χ1v) is 8.43. The van der Waals surface area contributed by atoms with Gasteiger partial charge in [-0.1, -0.05) is 13.8 Å². The first-order valence-electron chi connectivity index (χ1n) is 7.55. The predicted octanol–water partition coefficient (Wildman–Crippen LogP) is 2.59. The van der Waals surface area contributed by atoms with Crippen LogP contribution in [0.1, 0.15) is 55.0 Å². The summed E-state index contributed by atoms with van der Waals surface area (Å²) >= 11 is 1.52. The van der Waals surface area contributed by atoms with E-state index in [9.17, 15) is 4.79 Å². The molecule has 4 nitrogen and oxygen atoms in total. The predicted molar refractivity (Wildman–Crippen MR) is 82.9 cm³/mol. The number of rotatable bonds is 5. The minimum Gasteiger partial charge on any atom is -0.348 e. The molecule has 1 amide bonds. The van der Waals surface area contributed by atoms with Crippen molar-refractivity contribution >= 4 is 17.2 Å². The third-order valence-corrected chi connectivity index (χ3v) is 5.10. The van der Waals surface area contributed by atoms with Crippen molar-refractivity contribution in [2.45, 2.75) is 52.0 Å². The molecule has 2 rings (SSSR count). The second-order valence-electron chi connectivity index (χ2n) is 5.99. The highest BCUT2D eigenvalue weighted by Crippen LogP contribution is 2.29. The summed E-state index contributed by atoms with van der Waals surface area (Å²) in [6.07, 6.45) is 5.37. The Bertz CT molecular complexity index is 436. The molecular weight excluding hydrogens is 270 g/mol. The van der Waals surface area contributed by atoms with Crippen molar-refractivity contribution in [2.75, 3.05) is 6.54 Å². The minimum atomic E-state index is -0.0301. The molecule has 1 saturated carbocycles. The maximum atomic E-state index is 12.1. The van der Waals surface area contributed by atoms with Crippen LogP contribution in [0.15, 0.2) is 5.38 Å². The topological polar surface area (TPSA) is 68.0 Å². The summed E-state index contributed by atoms with van der Waals surface area (Å²) in [5.74, 6) is 1.54. The van der Waals surface area contributed by atoms with Crippen molar-refractivity contribution < 1.29 is 4.79 Å². The number of hydrogen-bond acceptors (Lipinski definition) is 4.